The summed E-state index contributed by atoms with van der Waals surface area (Å²) in [6.45, 7) is 3.73. The highest BCUT2D eigenvalue weighted by Gasteiger charge is 2.40. The van der Waals surface area contributed by atoms with E-state index >= 15 is 0 Å². The second kappa shape index (κ2) is 32.7. The van der Waals surface area contributed by atoms with Crippen molar-refractivity contribution in [1.82, 2.24) is 9.78 Å². The molecule has 354 valence electrons. The molecule has 2 aliphatic heterocycles. The largest absolute Gasteiger partial charge is 0.386 e. The van der Waals surface area contributed by atoms with Gasteiger partial charge in [0.2, 0.25) is 0 Å². The summed E-state index contributed by atoms with van der Waals surface area (Å²) in [5, 5.41) is 11.3. The summed E-state index contributed by atoms with van der Waals surface area (Å²) >= 11 is 0. The van der Waals surface area contributed by atoms with Crippen LogP contribution >= 0.6 is 0 Å². The first-order valence-corrected chi connectivity index (χ1v) is 28.1. The van der Waals surface area contributed by atoms with Gasteiger partial charge in [-0.15, -0.1) is 0 Å². The van der Waals surface area contributed by atoms with E-state index in [0.29, 0.717) is 12.6 Å². The zero-order valence-electron chi connectivity index (χ0n) is 41.0. The molecule has 5 rings (SSSR count). The molecule has 0 amide bonds. The number of benzene rings is 1. The van der Waals surface area contributed by atoms with Crippen LogP contribution in [0.15, 0.2) is 23.4 Å². The number of oxime groups is 1. The van der Waals surface area contributed by atoms with Crippen molar-refractivity contribution in [3.8, 4) is 0 Å². The van der Waals surface area contributed by atoms with E-state index in [1.54, 1.807) is 0 Å². The summed E-state index contributed by atoms with van der Waals surface area (Å²) in [6, 6.07) is 7.48. The molecular weight excluding hydrogens is 759 g/mol. The third-order valence-electron chi connectivity index (χ3n) is 15.2. The molecular formula is C57H99N3O2. The van der Waals surface area contributed by atoms with Gasteiger partial charge >= 0.3 is 0 Å². The van der Waals surface area contributed by atoms with Crippen LogP contribution in [-0.4, -0.2) is 34.3 Å². The fourth-order valence-electron chi connectivity index (χ4n) is 11.1. The lowest BCUT2D eigenvalue weighted by atomic mass is 9.89. The van der Waals surface area contributed by atoms with E-state index in [2.05, 4.69) is 29.8 Å². The molecule has 0 bridgehead atoms. The van der Waals surface area contributed by atoms with E-state index in [1.807, 2.05) is 0 Å². The fraction of sp³-hybridized carbons (Fsp3) is 0.860. The summed E-state index contributed by atoms with van der Waals surface area (Å²) in [5.41, 5.74) is 4.47. The van der Waals surface area contributed by atoms with Gasteiger partial charge in [-0.25, -0.2) is 0 Å². The van der Waals surface area contributed by atoms with Crippen LogP contribution in [0, 0.1) is 0 Å². The number of nitrogens with zero attached hydrogens (tertiary/aromatic N) is 3. The summed E-state index contributed by atoms with van der Waals surface area (Å²) in [7, 11) is 0. The van der Waals surface area contributed by atoms with Gasteiger partial charge in [-0.1, -0.05) is 262 Å². The molecule has 5 nitrogen and oxygen atoms in total. The number of aromatic nitrogens is 2. The Kier molecular flexibility index (Phi) is 27.0. The van der Waals surface area contributed by atoms with Crippen LogP contribution in [0.1, 0.15) is 300 Å². The molecule has 2 fully saturated rings. The van der Waals surface area contributed by atoms with Gasteiger partial charge in [0.25, 0.3) is 0 Å². The van der Waals surface area contributed by atoms with Crippen LogP contribution in [0.2, 0.25) is 0 Å². The standard InChI is InChI=1S/C57H99N3O2/c1-2-54-53-45-44-51(48-56(53)60(58-54)52-42-38-39-43-52)55-49-57(62-59-55)46-40-36-34-32-30-28-26-24-22-20-18-16-14-12-10-8-6-4-3-5-7-9-11-13-15-17-19-21-23-25-27-29-31-33-35-37-41-47-61-50-57/h44-45,48,52H,2-43,46-47,49-50H2,1H3. The molecule has 1 aliphatic carbocycles. The lowest BCUT2D eigenvalue weighted by molar-refractivity contribution is -0.0851. The molecule has 1 aromatic carbocycles. The third-order valence-corrected chi connectivity index (χ3v) is 15.2. The Morgan fingerprint density at radius 2 is 0.919 bits per heavy atom. The average molecular weight is 858 g/mol. The molecule has 1 aromatic heterocycles. The van der Waals surface area contributed by atoms with E-state index < -0.39 is 0 Å². The molecule has 5 heteroatoms. The predicted molar refractivity (Wildman–Crippen MR) is 268 cm³/mol. The topological polar surface area (TPSA) is 48.6 Å². The van der Waals surface area contributed by atoms with Gasteiger partial charge in [-0.2, -0.15) is 5.10 Å². The highest BCUT2D eigenvalue weighted by atomic mass is 16.7. The lowest BCUT2D eigenvalue weighted by Gasteiger charge is -2.26. The normalized spacial score (nSPS) is 25.1. The van der Waals surface area contributed by atoms with E-state index in [0.717, 1.165) is 38.0 Å². The second-order valence-corrected chi connectivity index (χ2v) is 20.8. The van der Waals surface area contributed by atoms with Gasteiger partial charge in [0, 0.05) is 24.0 Å². The Morgan fingerprint density at radius 1 is 0.516 bits per heavy atom. The molecule has 1 atom stereocenters. The van der Waals surface area contributed by atoms with Crippen LogP contribution in [0.3, 0.4) is 0 Å². The zero-order valence-corrected chi connectivity index (χ0v) is 41.0. The van der Waals surface area contributed by atoms with Crippen LogP contribution in [0.4, 0.5) is 0 Å². The van der Waals surface area contributed by atoms with Crippen molar-refractivity contribution >= 4 is 16.6 Å². The Labute approximate surface area is 383 Å². The van der Waals surface area contributed by atoms with Gasteiger partial charge in [-0.3, -0.25) is 4.68 Å². The van der Waals surface area contributed by atoms with Gasteiger partial charge < -0.3 is 9.57 Å². The predicted octanol–water partition coefficient (Wildman–Crippen LogP) is 18.4. The van der Waals surface area contributed by atoms with Crippen LogP contribution in [0.25, 0.3) is 10.9 Å². The van der Waals surface area contributed by atoms with Crippen LogP contribution in [0.5, 0.6) is 0 Å². The van der Waals surface area contributed by atoms with E-state index in [-0.39, 0.29) is 5.60 Å². The van der Waals surface area contributed by atoms with Crippen molar-refractivity contribution in [3.63, 3.8) is 0 Å². The summed E-state index contributed by atoms with van der Waals surface area (Å²) in [4.78, 5) is 6.49. The van der Waals surface area contributed by atoms with Gasteiger partial charge in [-0.05, 0) is 44.6 Å². The molecule has 3 aliphatic rings. The molecule has 1 saturated heterocycles. The first kappa shape index (κ1) is 51.1. The second-order valence-electron chi connectivity index (χ2n) is 20.8. The molecule has 0 N–H and O–H groups in total. The molecule has 3 heterocycles. The molecule has 1 spiro atoms. The number of fused-ring (bicyclic) bond motifs is 1. The van der Waals surface area contributed by atoms with E-state index in [1.165, 1.54) is 279 Å². The zero-order chi connectivity index (χ0) is 43.0. The van der Waals surface area contributed by atoms with Crippen molar-refractivity contribution in [2.45, 2.75) is 301 Å². The van der Waals surface area contributed by atoms with E-state index in [9.17, 15) is 0 Å². The van der Waals surface area contributed by atoms with Crippen molar-refractivity contribution < 1.29 is 9.57 Å². The Bertz CT molecular complexity index is 1380. The van der Waals surface area contributed by atoms with E-state index in [4.69, 9.17) is 19.8 Å². The number of ether oxygens (including phenoxy) is 1. The first-order chi connectivity index (χ1) is 30.8. The summed E-state index contributed by atoms with van der Waals surface area (Å²) < 4.78 is 8.84. The monoisotopic (exact) mass is 858 g/mol. The van der Waals surface area contributed by atoms with Crippen LogP contribution in [-0.2, 0) is 16.0 Å². The molecule has 1 unspecified atom stereocenters. The minimum absolute atomic E-state index is 0.337. The van der Waals surface area contributed by atoms with Crippen LogP contribution < -0.4 is 0 Å². The van der Waals surface area contributed by atoms with Gasteiger partial charge in [0.05, 0.1) is 29.6 Å². The summed E-state index contributed by atoms with van der Waals surface area (Å²) in [6.07, 6.45) is 60.6. The smallest absolute Gasteiger partial charge is 0.166 e. The third kappa shape index (κ3) is 20.1. The number of hydrogen-bond acceptors (Lipinski definition) is 4. The minimum atomic E-state index is -0.337. The van der Waals surface area contributed by atoms with Crippen molar-refractivity contribution in [2.24, 2.45) is 5.16 Å². The quantitative estimate of drug-likeness (QED) is 0.309. The fourth-order valence-corrected chi connectivity index (χ4v) is 11.1. The van der Waals surface area contributed by atoms with Crippen molar-refractivity contribution in [2.75, 3.05) is 13.2 Å². The Balaban J connectivity index is 1.02. The maximum absolute atomic E-state index is 6.49. The molecule has 62 heavy (non-hydrogen) atoms. The minimum Gasteiger partial charge on any atom is -0.386 e. The molecule has 1 saturated carbocycles. The number of aryl methyl sites for hydroxylation is 1. The average Bonchev–Trinajstić information content (AvgIpc) is 4.06. The summed E-state index contributed by atoms with van der Waals surface area (Å²) in [5.74, 6) is 0. The number of rotatable bonds is 3. The van der Waals surface area contributed by atoms with Crippen molar-refractivity contribution in [3.05, 3.63) is 29.5 Å². The van der Waals surface area contributed by atoms with Crippen molar-refractivity contribution in [1.29, 1.82) is 0 Å². The Morgan fingerprint density at radius 3 is 1.34 bits per heavy atom. The van der Waals surface area contributed by atoms with Gasteiger partial charge in [0.15, 0.2) is 5.60 Å². The SMILES string of the molecule is CCc1nn(C2CCCC2)c2cc(C3=NOC4(CCCCCCCCCCCCCCCCCCCCCCCCCCCCCCCCCCCCCCCOC4)C3)ccc12. The van der Waals surface area contributed by atoms with Gasteiger partial charge in [0.1, 0.15) is 0 Å². The highest BCUT2D eigenvalue weighted by molar-refractivity contribution is 6.04. The Hall–Kier alpha value is -1.88. The maximum Gasteiger partial charge on any atom is 0.166 e. The first-order valence-electron chi connectivity index (χ1n) is 28.1. The number of hydrogen-bond donors (Lipinski definition) is 0. The molecule has 2 aromatic rings. The lowest BCUT2D eigenvalue weighted by Crippen LogP contribution is -2.35. The highest BCUT2D eigenvalue weighted by Crippen LogP contribution is 2.36. The maximum atomic E-state index is 6.49. The molecule has 0 radical (unpaired) electrons.